The molecule has 0 amide bonds. The molecule has 0 radical (unpaired) electrons. The summed E-state index contributed by atoms with van der Waals surface area (Å²) in [5.74, 6) is 0.882. The van der Waals surface area contributed by atoms with Gasteiger partial charge in [-0.3, -0.25) is 4.99 Å². The van der Waals surface area contributed by atoms with E-state index in [4.69, 9.17) is 11.6 Å². The number of aromatic nitrogens is 1. The third-order valence-electron chi connectivity index (χ3n) is 2.40. The Morgan fingerprint density at radius 3 is 3.12 bits per heavy atom. The minimum absolute atomic E-state index is 0.522. The Hall–Kier alpha value is -1.29. The van der Waals surface area contributed by atoms with Crippen molar-refractivity contribution >= 4 is 17.6 Å². The average molecular weight is 239 g/mol. The molecule has 0 fully saturated rings. The molecule has 0 bridgehead atoms. The van der Waals surface area contributed by atoms with Crippen molar-refractivity contribution in [3.63, 3.8) is 0 Å². The van der Waals surface area contributed by atoms with Crippen LogP contribution in [0.2, 0.25) is 5.15 Å². The van der Waals surface area contributed by atoms with E-state index in [0.29, 0.717) is 5.15 Å². The summed E-state index contributed by atoms with van der Waals surface area (Å²) in [4.78, 5) is 8.43. The van der Waals surface area contributed by atoms with E-state index in [-0.39, 0.29) is 0 Å². The van der Waals surface area contributed by atoms with E-state index in [1.807, 2.05) is 6.07 Å². The first kappa shape index (κ1) is 11.2. The molecule has 0 saturated heterocycles. The topological polar surface area (TPSA) is 49.3 Å². The zero-order chi connectivity index (χ0) is 11.2. The van der Waals surface area contributed by atoms with Gasteiger partial charge in [0.15, 0.2) is 5.96 Å². The number of nitrogens with zero attached hydrogens (tertiary/aromatic N) is 2. The van der Waals surface area contributed by atoms with Gasteiger partial charge < -0.3 is 10.6 Å². The minimum Gasteiger partial charge on any atom is -0.356 e. The summed E-state index contributed by atoms with van der Waals surface area (Å²) in [6.07, 6.45) is 4.10. The lowest BCUT2D eigenvalue weighted by Crippen LogP contribution is -2.36. The summed E-state index contributed by atoms with van der Waals surface area (Å²) in [5.41, 5.74) is 1.10. The van der Waals surface area contributed by atoms with E-state index >= 15 is 0 Å². The van der Waals surface area contributed by atoms with Crippen molar-refractivity contribution in [3.05, 3.63) is 29.0 Å². The lowest BCUT2D eigenvalue weighted by molar-refractivity contribution is 0.742. The Kier molecular flexibility index (Phi) is 3.99. The van der Waals surface area contributed by atoms with Gasteiger partial charge in [-0.2, -0.15) is 0 Å². The predicted octanol–water partition coefficient (Wildman–Crippen LogP) is 1.56. The van der Waals surface area contributed by atoms with Gasteiger partial charge in [0.05, 0.1) is 0 Å². The number of halogens is 1. The van der Waals surface area contributed by atoms with Crippen LogP contribution >= 0.6 is 11.6 Å². The maximum Gasteiger partial charge on any atom is 0.191 e. The number of nitrogens with one attached hydrogen (secondary N) is 2. The predicted molar refractivity (Wildman–Crippen MR) is 65.6 cm³/mol. The Morgan fingerprint density at radius 1 is 1.38 bits per heavy atom. The molecule has 16 heavy (non-hydrogen) atoms. The quantitative estimate of drug-likeness (QED) is 0.769. The monoisotopic (exact) mass is 238 g/mol. The molecule has 2 N–H and O–H groups in total. The highest BCUT2D eigenvalue weighted by Crippen LogP contribution is 2.04. The van der Waals surface area contributed by atoms with Gasteiger partial charge in [0, 0.05) is 25.8 Å². The molecule has 1 aromatic heterocycles. The minimum atomic E-state index is 0.522. The second-order valence-corrected chi connectivity index (χ2v) is 4.09. The Balaban J connectivity index is 1.86. The van der Waals surface area contributed by atoms with Gasteiger partial charge in [-0.05, 0) is 24.5 Å². The third kappa shape index (κ3) is 3.38. The highest BCUT2D eigenvalue weighted by atomic mass is 35.5. The summed E-state index contributed by atoms with van der Waals surface area (Å²) in [6.45, 7) is 2.61. The molecule has 86 valence electrons. The molecule has 2 heterocycles. The van der Waals surface area contributed by atoms with E-state index in [1.165, 1.54) is 6.42 Å². The summed E-state index contributed by atoms with van der Waals surface area (Å²) in [7, 11) is 0. The van der Waals surface area contributed by atoms with Crippen LogP contribution in [0.15, 0.2) is 23.3 Å². The Labute approximate surface area is 100 Å². The molecule has 0 spiro atoms. The molecular formula is C11H15ClN4. The SMILES string of the molecule is Clc1ccc(CNC2=NCCCCN2)cn1. The number of rotatable bonds is 2. The lowest BCUT2D eigenvalue weighted by atomic mass is 10.3. The molecule has 0 unspecified atom stereocenters. The summed E-state index contributed by atoms with van der Waals surface area (Å²) in [5, 5.41) is 7.03. The van der Waals surface area contributed by atoms with Crippen LogP contribution < -0.4 is 10.6 Å². The zero-order valence-corrected chi connectivity index (χ0v) is 9.80. The van der Waals surface area contributed by atoms with Gasteiger partial charge in [0.1, 0.15) is 5.15 Å². The van der Waals surface area contributed by atoms with Crippen LogP contribution in [-0.4, -0.2) is 24.0 Å². The van der Waals surface area contributed by atoms with E-state index < -0.39 is 0 Å². The molecule has 5 heteroatoms. The lowest BCUT2D eigenvalue weighted by Gasteiger charge is -2.09. The van der Waals surface area contributed by atoms with Gasteiger partial charge in [-0.25, -0.2) is 4.98 Å². The van der Waals surface area contributed by atoms with Crippen LogP contribution in [0.5, 0.6) is 0 Å². The normalized spacial score (nSPS) is 15.9. The molecule has 0 saturated carbocycles. The number of hydrogen-bond acceptors (Lipinski definition) is 4. The van der Waals surface area contributed by atoms with E-state index in [9.17, 15) is 0 Å². The average Bonchev–Trinajstić information content (AvgIpc) is 2.57. The molecule has 4 nitrogen and oxygen atoms in total. The summed E-state index contributed by atoms with van der Waals surface area (Å²) in [6, 6.07) is 3.75. The van der Waals surface area contributed by atoms with Crippen molar-refractivity contribution in [2.24, 2.45) is 4.99 Å². The second-order valence-electron chi connectivity index (χ2n) is 3.71. The number of aliphatic imine (C=N–C) groups is 1. The highest BCUT2D eigenvalue weighted by molar-refractivity contribution is 6.29. The van der Waals surface area contributed by atoms with Crippen LogP contribution in [-0.2, 0) is 6.54 Å². The molecule has 1 aromatic rings. The van der Waals surface area contributed by atoms with Gasteiger partial charge >= 0.3 is 0 Å². The van der Waals surface area contributed by atoms with E-state index in [0.717, 1.165) is 37.6 Å². The van der Waals surface area contributed by atoms with Crippen LogP contribution in [0, 0.1) is 0 Å². The fourth-order valence-electron chi connectivity index (χ4n) is 1.51. The fraction of sp³-hybridized carbons (Fsp3) is 0.455. The van der Waals surface area contributed by atoms with Crippen molar-refractivity contribution < 1.29 is 0 Å². The molecule has 0 aliphatic carbocycles. The Morgan fingerprint density at radius 2 is 2.31 bits per heavy atom. The number of pyridine rings is 1. The maximum atomic E-state index is 5.71. The maximum absolute atomic E-state index is 5.71. The number of guanidine groups is 1. The van der Waals surface area contributed by atoms with Gasteiger partial charge in [-0.1, -0.05) is 17.7 Å². The first-order valence-corrected chi connectivity index (χ1v) is 5.85. The Bertz CT molecular complexity index is 361. The van der Waals surface area contributed by atoms with Crippen molar-refractivity contribution in [1.29, 1.82) is 0 Å². The van der Waals surface area contributed by atoms with E-state index in [1.54, 1.807) is 12.3 Å². The third-order valence-corrected chi connectivity index (χ3v) is 2.62. The molecule has 2 rings (SSSR count). The second kappa shape index (κ2) is 5.70. The van der Waals surface area contributed by atoms with Crippen LogP contribution in [0.25, 0.3) is 0 Å². The van der Waals surface area contributed by atoms with Crippen molar-refractivity contribution in [3.8, 4) is 0 Å². The molecule has 0 aromatic carbocycles. The van der Waals surface area contributed by atoms with Gasteiger partial charge in [-0.15, -0.1) is 0 Å². The first-order chi connectivity index (χ1) is 7.84. The molecule has 0 atom stereocenters. The van der Waals surface area contributed by atoms with Gasteiger partial charge in [0.25, 0.3) is 0 Å². The van der Waals surface area contributed by atoms with Crippen molar-refractivity contribution in [2.75, 3.05) is 13.1 Å². The summed E-state index contributed by atoms with van der Waals surface area (Å²) >= 11 is 5.71. The largest absolute Gasteiger partial charge is 0.356 e. The molecule has 1 aliphatic rings. The highest BCUT2D eigenvalue weighted by Gasteiger charge is 2.02. The van der Waals surface area contributed by atoms with Crippen LogP contribution in [0.3, 0.4) is 0 Å². The molecular weight excluding hydrogens is 224 g/mol. The smallest absolute Gasteiger partial charge is 0.191 e. The van der Waals surface area contributed by atoms with Gasteiger partial charge in [0.2, 0.25) is 0 Å². The van der Waals surface area contributed by atoms with Crippen LogP contribution in [0.4, 0.5) is 0 Å². The molecule has 1 aliphatic heterocycles. The van der Waals surface area contributed by atoms with Crippen molar-refractivity contribution in [1.82, 2.24) is 15.6 Å². The fourth-order valence-corrected chi connectivity index (χ4v) is 1.62. The van der Waals surface area contributed by atoms with Crippen molar-refractivity contribution in [2.45, 2.75) is 19.4 Å². The van der Waals surface area contributed by atoms with E-state index in [2.05, 4.69) is 20.6 Å². The van der Waals surface area contributed by atoms with Crippen LogP contribution in [0.1, 0.15) is 18.4 Å². The first-order valence-electron chi connectivity index (χ1n) is 5.47. The summed E-state index contributed by atoms with van der Waals surface area (Å²) < 4.78 is 0. The number of hydrogen-bond donors (Lipinski definition) is 2. The standard InChI is InChI=1S/C11H15ClN4/c12-10-4-3-9(7-15-10)8-16-11-13-5-1-2-6-14-11/h3-4,7H,1-2,5-6,8H2,(H2,13,14,16). The zero-order valence-electron chi connectivity index (χ0n) is 9.04.